The van der Waals surface area contributed by atoms with Gasteiger partial charge in [-0.1, -0.05) is 60.7 Å². The first-order valence-electron chi connectivity index (χ1n) is 12.0. The summed E-state index contributed by atoms with van der Waals surface area (Å²) < 4.78 is 79.3. The van der Waals surface area contributed by atoms with Crippen LogP contribution in [-0.4, -0.2) is 29.4 Å². The number of ether oxygens (including phenoxy) is 1. The molecule has 5 nitrogen and oxygen atoms in total. The van der Waals surface area contributed by atoms with Gasteiger partial charge in [-0.25, -0.2) is 4.79 Å². The lowest BCUT2D eigenvalue weighted by Gasteiger charge is -2.15. The maximum absolute atomic E-state index is 12.8. The van der Waals surface area contributed by atoms with Crippen LogP contribution in [0.2, 0.25) is 0 Å². The van der Waals surface area contributed by atoms with Gasteiger partial charge in [0.25, 0.3) is 5.91 Å². The highest BCUT2D eigenvalue weighted by Gasteiger charge is 2.31. The third kappa shape index (κ3) is 7.87. The molecule has 0 unspecified atom stereocenters. The minimum absolute atomic E-state index is 0.0383. The van der Waals surface area contributed by atoms with Gasteiger partial charge in [0.2, 0.25) is 0 Å². The summed E-state index contributed by atoms with van der Waals surface area (Å²) in [5, 5.41) is 12.1. The first-order chi connectivity index (χ1) is 19.3. The van der Waals surface area contributed by atoms with Gasteiger partial charge in [0.1, 0.15) is 11.8 Å². The molecular formula is C30H21F6NO4. The lowest BCUT2D eigenvalue weighted by molar-refractivity contribution is -0.274. The standard InChI is InChI=1S/C30H21F6NO4/c31-29(32,33)24-13-9-21(10-14-24)20-5-7-23(8-6-20)27(38)37-26(28(39)40)17-18-1-3-19(4-2-18)22-11-15-25(16-12-22)41-30(34,35)36/h1-16,26H,17H2,(H,37,38)(H,39,40)/t26-/m0/s1. The summed E-state index contributed by atoms with van der Waals surface area (Å²) in [5.41, 5.74) is 2.37. The summed E-state index contributed by atoms with van der Waals surface area (Å²) in [7, 11) is 0. The largest absolute Gasteiger partial charge is 0.573 e. The number of hydrogen-bond donors (Lipinski definition) is 2. The van der Waals surface area contributed by atoms with Crippen LogP contribution in [0.4, 0.5) is 26.3 Å². The number of hydrogen-bond acceptors (Lipinski definition) is 3. The summed E-state index contributed by atoms with van der Waals surface area (Å²) in [6.45, 7) is 0. The topological polar surface area (TPSA) is 75.6 Å². The van der Waals surface area contributed by atoms with Crippen LogP contribution in [0.1, 0.15) is 21.5 Å². The first kappa shape index (κ1) is 29.2. The van der Waals surface area contributed by atoms with Crippen molar-refractivity contribution >= 4 is 11.9 Å². The molecule has 212 valence electrons. The molecular weight excluding hydrogens is 552 g/mol. The Balaban J connectivity index is 1.39. The van der Waals surface area contributed by atoms with Gasteiger partial charge in [-0.3, -0.25) is 4.79 Å². The molecule has 0 aromatic heterocycles. The molecule has 2 N–H and O–H groups in total. The molecule has 4 aromatic carbocycles. The van der Waals surface area contributed by atoms with E-state index in [4.69, 9.17) is 0 Å². The predicted octanol–water partition coefficient (Wildman–Crippen LogP) is 7.36. The third-order valence-corrected chi connectivity index (χ3v) is 6.11. The number of rotatable bonds is 8. The van der Waals surface area contributed by atoms with E-state index in [2.05, 4.69) is 10.1 Å². The molecule has 4 aromatic rings. The molecule has 11 heteroatoms. The second kappa shape index (κ2) is 11.7. The van der Waals surface area contributed by atoms with E-state index in [0.717, 1.165) is 12.1 Å². The van der Waals surface area contributed by atoms with E-state index in [0.29, 0.717) is 27.8 Å². The molecule has 1 atom stereocenters. The number of nitrogens with one attached hydrogen (secondary N) is 1. The van der Waals surface area contributed by atoms with Crippen LogP contribution in [0.5, 0.6) is 5.75 Å². The van der Waals surface area contributed by atoms with E-state index >= 15 is 0 Å². The zero-order valence-electron chi connectivity index (χ0n) is 21.0. The molecule has 0 saturated carbocycles. The Morgan fingerprint density at radius 2 is 1.12 bits per heavy atom. The number of carboxylic acids is 1. The molecule has 1 amide bonds. The van der Waals surface area contributed by atoms with Crippen molar-refractivity contribution in [1.82, 2.24) is 5.32 Å². The molecule has 0 heterocycles. The molecule has 41 heavy (non-hydrogen) atoms. The van der Waals surface area contributed by atoms with Gasteiger partial charge in [0.15, 0.2) is 0 Å². The fraction of sp³-hybridized carbons (Fsp3) is 0.133. The number of benzene rings is 4. The highest BCUT2D eigenvalue weighted by molar-refractivity contribution is 5.97. The van der Waals surface area contributed by atoms with Crippen LogP contribution < -0.4 is 10.1 Å². The zero-order chi connectivity index (χ0) is 29.8. The Morgan fingerprint density at radius 3 is 1.56 bits per heavy atom. The fourth-order valence-corrected chi connectivity index (χ4v) is 4.03. The van der Waals surface area contributed by atoms with Crippen LogP contribution in [0.25, 0.3) is 22.3 Å². The predicted molar refractivity (Wildman–Crippen MR) is 138 cm³/mol. The van der Waals surface area contributed by atoms with Gasteiger partial charge < -0.3 is 15.2 Å². The zero-order valence-corrected chi connectivity index (χ0v) is 21.0. The molecule has 0 spiro atoms. The maximum atomic E-state index is 12.8. The highest BCUT2D eigenvalue weighted by atomic mass is 19.4. The smallest absolute Gasteiger partial charge is 0.480 e. The van der Waals surface area contributed by atoms with E-state index in [-0.39, 0.29) is 17.7 Å². The van der Waals surface area contributed by atoms with Gasteiger partial charge >= 0.3 is 18.5 Å². The second-order valence-corrected chi connectivity index (χ2v) is 8.99. The Labute approximate surface area is 230 Å². The van der Waals surface area contributed by atoms with E-state index in [1.165, 1.54) is 48.5 Å². The number of aliphatic carboxylic acids is 1. The van der Waals surface area contributed by atoms with Crippen molar-refractivity contribution in [2.75, 3.05) is 0 Å². The lowest BCUT2D eigenvalue weighted by Crippen LogP contribution is -2.42. The molecule has 0 fully saturated rings. The van der Waals surface area contributed by atoms with Crippen LogP contribution >= 0.6 is 0 Å². The van der Waals surface area contributed by atoms with Gasteiger partial charge in [-0.2, -0.15) is 13.2 Å². The lowest BCUT2D eigenvalue weighted by atomic mass is 10.00. The van der Waals surface area contributed by atoms with E-state index in [1.807, 2.05) is 0 Å². The second-order valence-electron chi connectivity index (χ2n) is 8.99. The summed E-state index contributed by atoms with van der Waals surface area (Å²) in [6.07, 6.45) is -9.28. The maximum Gasteiger partial charge on any atom is 0.573 e. The Morgan fingerprint density at radius 1 is 0.683 bits per heavy atom. The average Bonchev–Trinajstić information content (AvgIpc) is 2.92. The summed E-state index contributed by atoms with van der Waals surface area (Å²) in [5.74, 6) is -2.26. The molecule has 4 rings (SSSR count). The molecule has 0 aliphatic rings. The number of alkyl halides is 6. The van der Waals surface area contributed by atoms with Crippen molar-refractivity contribution in [3.63, 3.8) is 0 Å². The van der Waals surface area contributed by atoms with Crippen molar-refractivity contribution in [1.29, 1.82) is 0 Å². The van der Waals surface area contributed by atoms with E-state index in [9.17, 15) is 41.0 Å². The molecule has 0 aliphatic heterocycles. The van der Waals surface area contributed by atoms with E-state index in [1.54, 1.807) is 36.4 Å². The molecule has 0 bridgehead atoms. The minimum Gasteiger partial charge on any atom is -0.480 e. The normalized spacial score (nSPS) is 12.4. The quantitative estimate of drug-likeness (QED) is 0.216. The number of carbonyl (C=O) groups excluding carboxylic acids is 1. The van der Waals surface area contributed by atoms with Crippen LogP contribution in [0, 0.1) is 0 Å². The van der Waals surface area contributed by atoms with Gasteiger partial charge in [-0.05, 0) is 64.2 Å². The first-order valence-corrected chi connectivity index (χ1v) is 12.0. The third-order valence-electron chi connectivity index (χ3n) is 6.11. The van der Waals surface area contributed by atoms with Crippen LogP contribution in [0.3, 0.4) is 0 Å². The number of amides is 1. The molecule has 0 radical (unpaired) electrons. The number of halogens is 6. The SMILES string of the molecule is O=C(N[C@@H](Cc1ccc(-c2ccc(OC(F)(F)F)cc2)cc1)C(=O)O)c1ccc(-c2ccc(C(F)(F)F)cc2)cc1. The van der Waals surface area contributed by atoms with Crippen molar-refractivity contribution in [2.45, 2.75) is 25.0 Å². The Kier molecular flexibility index (Phi) is 8.36. The fourth-order valence-electron chi connectivity index (χ4n) is 4.03. The molecule has 0 aliphatic carbocycles. The summed E-state index contributed by atoms with van der Waals surface area (Å²) in [4.78, 5) is 24.6. The van der Waals surface area contributed by atoms with Crippen LogP contribution in [-0.2, 0) is 17.4 Å². The van der Waals surface area contributed by atoms with E-state index < -0.39 is 36.0 Å². The van der Waals surface area contributed by atoms with Gasteiger partial charge in [-0.15, -0.1) is 13.2 Å². The monoisotopic (exact) mass is 573 g/mol. The number of carbonyl (C=O) groups is 2. The number of carboxylic acid groups (broad SMARTS) is 1. The summed E-state index contributed by atoms with van der Waals surface area (Å²) >= 11 is 0. The molecule has 0 saturated heterocycles. The Bertz CT molecular complexity index is 1500. The van der Waals surface area contributed by atoms with Gasteiger partial charge in [0, 0.05) is 12.0 Å². The van der Waals surface area contributed by atoms with Gasteiger partial charge in [0.05, 0.1) is 5.56 Å². The minimum atomic E-state index is -4.79. The highest BCUT2D eigenvalue weighted by Crippen LogP contribution is 2.31. The van der Waals surface area contributed by atoms with Crippen molar-refractivity contribution in [3.05, 3.63) is 114 Å². The Hall–Kier alpha value is -4.80. The average molecular weight is 573 g/mol. The van der Waals surface area contributed by atoms with Crippen LogP contribution in [0.15, 0.2) is 97.1 Å². The van der Waals surface area contributed by atoms with Crippen molar-refractivity contribution < 1.29 is 45.8 Å². The summed E-state index contributed by atoms with van der Waals surface area (Å²) in [6, 6.07) is 21.2. The van der Waals surface area contributed by atoms with Crippen molar-refractivity contribution in [2.24, 2.45) is 0 Å². The van der Waals surface area contributed by atoms with Crippen molar-refractivity contribution in [3.8, 4) is 28.0 Å².